The van der Waals surface area contributed by atoms with Crippen LogP contribution in [-0.4, -0.2) is 35.5 Å². The lowest BCUT2D eigenvalue weighted by Crippen LogP contribution is -2.33. The Morgan fingerprint density at radius 3 is 2.74 bits per heavy atom. The Bertz CT molecular complexity index is 657. The van der Waals surface area contributed by atoms with Crippen molar-refractivity contribution in [3.05, 3.63) is 30.1 Å². The molecule has 7 heteroatoms. The van der Waals surface area contributed by atoms with Crippen molar-refractivity contribution in [3.8, 4) is 5.75 Å². The summed E-state index contributed by atoms with van der Waals surface area (Å²) in [4.78, 5) is 18.7. The highest BCUT2D eigenvalue weighted by Crippen LogP contribution is 2.24. The van der Waals surface area contributed by atoms with Crippen molar-refractivity contribution < 1.29 is 9.53 Å². The quantitative estimate of drug-likeness (QED) is 0.842. The number of carbonyl (C=O) groups excluding carboxylic acids is 1. The third-order valence-corrected chi connectivity index (χ3v) is 4.11. The SMILES string of the molecule is CCN(CC(=O)Nc1ccccc1OC)c1nc(C(C)C)ns1. The number of nitrogens with zero attached hydrogens (tertiary/aromatic N) is 3. The first-order chi connectivity index (χ1) is 11.0. The van der Waals surface area contributed by atoms with E-state index in [1.54, 1.807) is 7.11 Å². The summed E-state index contributed by atoms with van der Waals surface area (Å²) in [5.41, 5.74) is 0.663. The summed E-state index contributed by atoms with van der Waals surface area (Å²) in [7, 11) is 1.58. The Labute approximate surface area is 140 Å². The number of amides is 1. The second-order valence-corrected chi connectivity index (χ2v) is 6.08. The lowest BCUT2D eigenvalue weighted by molar-refractivity contribution is -0.115. The monoisotopic (exact) mass is 334 g/mol. The standard InChI is InChI=1S/C16H22N4O2S/c1-5-20(16-18-15(11(2)3)19-23-16)10-14(21)17-12-8-6-7-9-13(12)22-4/h6-9,11H,5,10H2,1-4H3,(H,17,21). The lowest BCUT2D eigenvalue weighted by Gasteiger charge is -2.19. The number of rotatable bonds is 7. The molecule has 2 aromatic rings. The number of para-hydroxylation sites is 2. The van der Waals surface area contributed by atoms with Gasteiger partial charge in [-0.1, -0.05) is 26.0 Å². The molecule has 124 valence electrons. The van der Waals surface area contributed by atoms with Crippen LogP contribution in [-0.2, 0) is 4.79 Å². The normalized spacial score (nSPS) is 10.7. The van der Waals surface area contributed by atoms with Crippen LogP contribution in [0.3, 0.4) is 0 Å². The van der Waals surface area contributed by atoms with E-state index in [4.69, 9.17) is 4.74 Å². The van der Waals surface area contributed by atoms with Crippen molar-refractivity contribution in [1.82, 2.24) is 9.36 Å². The molecule has 0 saturated carbocycles. The van der Waals surface area contributed by atoms with E-state index in [2.05, 4.69) is 28.5 Å². The van der Waals surface area contributed by atoms with Crippen LogP contribution in [0.5, 0.6) is 5.75 Å². The second-order valence-electron chi connectivity index (χ2n) is 5.35. The summed E-state index contributed by atoms with van der Waals surface area (Å²) in [6.07, 6.45) is 0. The lowest BCUT2D eigenvalue weighted by atomic mass is 10.2. The first kappa shape index (κ1) is 17.2. The molecule has 1 N–H and O–H groups in total. The predicted molar refractivity (Wildman–Crippen MR) is 93.5 cm³/mol. The van der Waals surface area contributed by atoms with Gasteiger partial charge in [-0.05, 0) is 19.1 Å². The van der Waals surface area contributed by atoms with Gasteiger partial charge in [0.25, 0.3) is 0 Å². The number of carbonyl (C=O) groups is 1. The fourth-order valence-electron chi connectivity index (χ4n) is 2.02. The summed E-state index contributed by atoms with van der Waals surface area (Å²) in [5.74, 6) is 1.62. The summed E-state index contributed by atoms with van der Waals surface area (Å²) in [6.45, 7) is 7.01. The van der Waals surface area contributed by atoms with Crippen LogP contribution in [0.1, 0.15) is 32.5 Å². The third-order valence-electron chi connectivity index (χ3n) is 3.32. The van der Waals surface area contributed by atoms with E-state index in [-0.39, 0.29) is 18.4 Å². The van der Waals surface area contributed by atoms with Crippen molar-refractivity contribution >= 4 is 28.3 Å². The van der Waals surface area contributed by atoms with Crippen LogP contribution < -0.4 is 15.0 Å². The van der Waals surface area contributed by atoms with Gasteiger partial charge in [-0.3, -0.25) is 4.79 Å². The Morgan fingerprint density at radius 2 is 2.13 bits per heavy atom. The zero-order valence-electron chi connectivity index (χ0n) is 13.9. The Balaban J connectivity index is 2.04. The van der Waals surface area contributed by atoms with Crippen molar-refractivity contribution in [2.75, 3.05) is 30.4 Å². The average molecular weight is 334 g/mol. The van der Waals surface area contributed by atoms with Gasteiger partial charge in [0.05, 0.1) is 19.3 Å². The summed E-state index contributed by atoms with van der Waals surface area (Å²) in [5, 5.41) is 3.65. The predicted octanol–water partition coefficient (Wildman–Crippen LogP) is 3.14. The molecule has 1 amide bonds. The van der Waals surface area contributed by atoms with Gasteiger partial charge >= 0.3 is 0 Å². The van der Waals surface area contributed by atoms with E-state index < -0.39 is 0 Å². The highest BCUT2D eigenvalue weighted by molar-refractivity contribution is 7.09. The molecule has 23 heavy (non-hydrogen) atoms. The maximum absolute atomic E-state index is 12.3. The smallest absolute Gasteiger partial charge is 0.244 e. The average Bonchev–Trinajstić information content (AvgIpc) is 3.03. The highest BCUT2D eigenvalue weighted by Gasteiger charge is 2.16. The van der Waals surface area contributed by atoms with Crippen LogP contribution >= 0.6 is 11.5 Å². The molecule has 1 aromatic carbocycles. The van der Waals surface area contributed by atoms with E-state index in [9.17, 15) is 4.79 Å². The third kappa shape index (κ3) is 4.41. The number of anilines is 2. The summed E-state index contributed by atoms with van der Waals surface area (Å²) in [6, 6.07) is 7.35. The van der Waals surface area contributed by atoms with Crippen LogP contribution in [0.4, 0.5) is 10.8 Å². The largest absolute Gasteiger partial charge is 0.495 e. The highest BCUT2D eigenvalue weighted by atomic mass is 32.1. The molecule has 0 fully saturated rings. The molecule has 0 aliphatic carbocycles. The van der Waals surface area contributed by atoms with Gasteiger partial charge in [0.15, 0.2) is 0 Å². The van der Waals surface area contributed by atoms with Gasteiger partial charge in [0.1, 0.15) is 11.6 Å². The number of methoxy groups -OCH3 is 1. The van der Waals surface area contributed by atoms with E-state index in [1.165, 1.54) is 11.5 Å². The van der Waals surface area contributed by atoms with Gasteiger partial charge in [0.2, 0.25) is 11.0 Å². The molecular formula is C16H22N4O2S. The summed E-state index contributed by atoms with van der Waals surface area (Å²) >= 11 is 1.33. The number of ether oxygens (including phenoxy) is 1. The minimum Gasteiger partial charge on any atom is -0.495 e. The first-order valence-corrected chi connectivity index (χ1v) is 8.33. The van der Waals surface area contributed by atoms with Gasteiger partial charge < -0.3 is 15.0 Å². The molecule has 0 radical (unpaired) electrons. The minimum atomic E-state index is -0.113. The fraction of sp³-hybridized carbons (Fsp3) is 0.438. The molecule has 1 heterocycles. The van der Waals surface area contributed by atoms with Gasteiger partial charge in [-0.2, -0.15) is 4.37 Å². The topological polar surface area (TPSA) is 67.4 Å². The van der Waals surface area contributed by atoms with E-state index in [0.29, 0.717) is 18.0 Å². The first-order valence-electron chi connectivity index (χ1n) is 7.56. The summed E-state index contributed by atoms with van der Waals surface area (Å²) < 4.78 is 9.58. The van der Waals surface area contributed by atoms with E-state index >= 15 is 0 Å². The Morgan fingerprint density at radius 1 is 1.39 bits per heavy atom. The zero-order valence-corrected chi connectivity index (χ0v) is 14.7. The van der Waals surface area contributed by atoms with Crippen LogP contribution in [0.25, 0.3) is 0 Å². The molecular weight excluding hydrogens is 312 g/mol. The maximum Gasteiger partial charge on any atom is 0.244 e. The molecule has 0 saturated heterocycles. The Kier molecular flexibility index (Phi) is 5.92. The van der Waals surface area contributed by atoms with Crippen LogP contribution in [0.15, 0.2) is 24.3 Å². The van der Waals surface area contributed by atoms with Crippen molar-refractivity contribution in [2.24, 2.45) is 0 Å². The number of aromatic nitrogens is 2. The fourth-order valence-corrected chi connectivity index (χ4v) is 2.89. The molecule has 6 nitrogen and oxygen atoms in total. The number of nitrogens with one attached hydrogen (secondary N) is 1. The van der Waals surface area contributed by atoms with Crippen LogP contribution in [0, 0.1) is 0 Å². The van der Waals surface area contributed by atoms with Crippen molar-refractivity contribution in [2.45, 2.75) is 26.7 Å². The van der Waals surface area contributed by atoms with Gasteiger partial charge in [-0.25, -0.2) is 4.98 Å². The number of hydrogen-bond acceptors (Lipinski definition) is 6. The van der Waals surface area contributed by atoms with E-state index in [0.717, 1.165) is 11.0 Å². The minimum absolute atomic E-state index is 0.113. The number of hydrogen-bond donors (Lipinski definition) is 1. The molecule has 0 atom stereocenters. The molecule has 0 aliphatic rings. The molecule has 1 aromatic heterocycles. The molecule has 0 unspecified atom stereocenters. The maximum atomic E-state index is 12.3. The zero-order chi connectivity index (χ0) is 16.8. The van der Waals surface area contributed by atoms with Gasteiger partial charge in [-0.15, -0.1) is 0 Å². The molecule has 0 spiro atoms. The molecule has 2 rings (SSSR count). The number of likely N-dealkylation sites (N-methyl/N-ethyl adjacent to an activating group) is 1. The molecule has 0 bridgehead atoms. The Hall–Kier alpha value is -2.15. The van der Waals surface area contributed by atoms with Crippen molar-refractivity contribution in [1.29, 1.82) is 0 Å². The van der Waals surface area contributed by atoms with Gasteiger partial charge in [0, 0.05) is 24.0 Å². The van der Waals surface area contributed by atoms with E-state index in [1.807, 2.05) is 36.1 Å². The van der Waals surface area contributed by atoms with Crippen molar-refractivity contribution in [3.63, 3.8) is 0 Å². The van der Waals surface area contributed by atoms with Crippen LogP contribution in [0.2, 0.25) is 0 Å². The molecule has 0 aliphatic heterocycles. The second kappa shape index (κ2) is 7.92. The number of benzene rings is 1.